The van der Waals surface area contributed by atoms with Gasteiger partial charge in [0.15, 0.2) is 0 Å². The Hall–Kier alpha value is -1.59. The van der Waals surface area contributed by atoms with Gasteiger partial charge in [-0.05, 0) is 63.7 Å². The van der Waals surface area contributed by atoms with E-state index in [9.17, 15) is 4.79 Å². The Kier molecular flexibility index (Phi) is 5.26. The van der Waals surface area contributed by atoms with Crippen molar-refractivity contribution in [2.24, 2.45) is 0 Å². The van der Waals surface area contributed by atoms with E-state index in [-0.39, 0.29) is 5.91 Å². The van der Waals surface area contributed by atoms with E-state index in [1.165, 1.54) is 18.1 Å². The molecule has 2 rings (SSSR count). The first-order valence-corrected chi connectivity index (χ1v) is 8.40. The van der Waals surface area contributed by atoms with Gasteiger partial charge in [0.1, 0.15) is 0 Å². The van der Waals surface area contributed by atoms with Gasteiger partial charge in [0.05, 0.1) is 11.2 Å². The highest BCUT2D eigenvalue weighted by Gasteiger charge is 2.52. The molecule has 1 saturated heterocycles. The van der Waals surface area contributed by atoms with Gasteiger partial charge in [-0.2, -0.15) is 0 Å². The van der Waals surface area contributed by atoms with Gasteiger partial charge in [-0.3, -0.25) is 4.79 Å². The number of benzene rings is 1. The normalized spacial score (nSPS) is 19.5. The molecule has 130 valence electrons. The molecule has 0 aliphatic carbocycles. The number of carbonyl (C=O) groups is 1. The molecule has 1 amide bonds. The lowest BCUT2D eigenvalue weighted by Crippen LogP contribution is -2.41. The van der Waals surface area contributed by atoms with Crippen molar-refractivity contribution in [1.29, 1.82) is 0 Å². The number of hydrogen-bond acceptors (Lipinski definition) is 3. The highest BCUT2D eigenvalue weighted by Crippen LogP contribution is 2.38. The number of amides is 1. The number of carbonyl (C=O) groups excluding carboxylic acids is 1. The molecule has 1 aliphatic rings. The van der Waals surface area contributed by atoms with Crippen molar-refractivity contribution in [2.45, 2.75) is 59.7 Å². The topological polar surface area (TPSA) is 47.6 Å². The quantitative estimate of drug-likeness (QED) is 0.861. The lowest BCUT2D eigenvalue weighted by Gasteiger charge is -2.32. The molecule has 5 heteroatoms. The van der Waals surface area contributed by atoms with E-state index in [2.05, 4.69) is 37.4 Å². The monoisotopic (exact) mass is 329 g/mol. The first-order valence-electron chi connectivity index (χ1n) is 8.40. The Morgan fingerprint density at radius 2 is 1.75 bits per heavy atom. The fourth-order valence-electron chi connectivity index (χ4n) is 2.55. The van der Waals surface area contributed by atoms with Gasteiger partial charge in [0.2, 0.25) is 5.91 Å². The standard InChI is InChI=1S/C19H28BNO3/c1-13-9-8-10-16(14(13)2)11-17(12-21-15(3)22)20-23-18(4,5)19(6,7)24-20/h8-11H,12H2,1-7H3,(H,21,22). The van der Waals surface area contributed by atoms with Crippen molar-refractivity contribution >= 4 is 19.1 Å². The average Bonchev–Trinajstić information content (AvgIpc) is 2.67. The van der Waals surface area contributed by atoms with Gasteiger partial charge in [-0.15, -0.1) is 0 Å². The van der Waals surface area contributed by atoms with Crippen LogP contribution in [0.5, 0.6) is 0 Å². The number of rotatable bonds is 4. The van der Waals surface area contributed by atoms with Gasteiger partial charge in [-0.1, -0.05) is 24.3 Å². The third kappa shape index (κ3) is 3.90. The van der Waals surface area contributed by atoms with Crippen LogP contribution >= 0.6 is 0 Å². The van der Waals surface area contributed by atoms with Crippen LogP contribution in [0.3, 0.4) is 0 Å². The van der Waals surface area contributed by atoms with Gasteiger partial charge in [0.25, 0.3) is 0 Å². The molecule has 0 bridgehead atoms. The zero-order valence-electron chi connectivity index (χ0n) is 15.8. The molecule has 24 heavy (non-hydrogen) atoms. The van der Waals surface area contributed by atoms with Crippen LogP contribution in [0.1, 0.15) is 51.3 Å². The Balaban J connectivity index is 2.37. The number of aryl methyl sites for hydroxylation is 1. The highest BCUT2D eigenvalue weighted by molar-refractivity contribution is 6.56. The van der Waals surface area contributed by atoms with Crippen molar-refractivity contribution in [1.82, 2.24) is 5.32 Å². The van der Waals surface area contributed by atoms with Crippen molar-refractivity contribution in [3.8, 4) is 0 Å². The molecule has 1 aliphatic heterocycles. The summed E-state index contributed by atoms with van der Waals surface area (Å²) in [5.41, 5.74) is 3.66. The predicted molar refractivity (Wildman–Crippen MR) is 98.7 cm³/mol. The van der Waals surface area contributed by atoms with Crippen LogP contribution in [0, 0.1) is 13.8 Å². The SMILES string of the molecule is CC(=O)NCC(=Cc1cccc(C)c1C)B1OC(C)(C)C(C)(C)O1. The molecule has 1 heterocycles. The van der Waals surface area contributed by atoms with Crippen molar-refractivity contribution in [3.63, 3.8) is 0 Å². The Bertz CT molecular complexity index is 649. The minimum Gasteiger partial charge on any atom is -0.400 e. The summed E-state index contributed by atoms with van der Waals surface area (Å²) in [5.74, 6) is -0.0709. The maximum Gasteiger partial charge on any atom is 0.492 e. The van der Waals surface area contributed by atoms with E-state index >= 15 is 0 Å². The zero-order valence-corrected chi connectivity index (χ0v) is 15.8. The fraction of sp³-hybridized carbons (Fsp3) is 0.526. The highest BCUT2D eigenvalue weighted by atomic mass is 16.7. The Labute approximate surface area is 145 Å². The van der Waals surface area contributed by atoms with Gasteiger partial charge in [-0.25, -0.2) is 0 Å². The summed E-state index contributed by atoms with van der Waals surface area (Å²) < 4.78 is 12.3. The zero-order chi connectivity index (χ0) is 18.1. The molecule has 4 nitrogen and oxygen atoms in total. The second kappa shape index (κ2) is 6.73. The molecule has 0 atom stereocenters. The summed E-state index contributed by atoms with van der Waals surface area (Å²) >= 11 is 0. The third-order valence-corrected chi connectivity index (χ3v) is 5.08. The molecule has 1 fully saturated rings. The molecule has 0 aromatic heterocycles. The first-order chi connectivity index (χ1) is 11.0. The fourth-order valence-corrected chi connectivity index (χ4v) is 2.55. The molecule has 0 radical (unpaired) electrons. The van der Waals surface area contributed by atoms with Crippen LogP contribution in [0.25, 0.3) is 6.08 Å². The summed E-state index contributed by atoms with van der Waals surface area (Å²) in [6, 6.07) is 6.20. The van der Waals surface area contributed by atoms with Crippen LogP contribution in [0.4, 0.5) is 0 Å². The third-order valence-electron chi connectivity index (χ3n) is 5.08. The molecule has 0 unspecified atom stereocenters. The second-order valence-corrected chi connectivity index (χ2v) is 7.51. The maximum absolute atomic E-state index is 11.4. The summed E-state index contributed by atoms with van der Waals surface area (Å²) in [7, 11) is -0.471. The van der Waals surface area contributed by atoms with Gasteiger partial charge in [0, 0.05) is 13.5 Å². The molecule has 1 N–H and O–H groups in total. The summed E-state index contributed by atoms with van der Waals surface area (Å²) in [5, 5.41) is 2.86. The van der Waals surface area contributed by atoms with Crippen molar-refractivity contribution in [2.75, 3.05) is 6.54 Å². The largest absolute Gasteiger partial charge is 0.492 e. The number of hydrogen-bond donors (Lipinski definition) is 1. The van der Waals surface area contributed by atoms with Crippen LogP contribution in [-0.2, 0) is 14.1 Å². The van der Waals surface area contributed by atoms with E-state index in [0.29, 0.717) is 6.54 Å². The lowest BCUT2D eigenvalue weighted by atomic mass is 9.76. The van der Waals surface area contributed by atoms with E-state index < -0.39 is 18.3 Å². The molecular weight excluding hydrogens is 301 g/mol. The summed E-state index contributed by atoms with van der Waals surface area (Å²) in [4.78, 5) is 11.4. The van der Waals surface area contributed by atoms with E-state index in [1.54, 1.807) is 0 Å². The van der Waals surface area contributed by atoms with Crippen LogP contribution < -0.4 is 5.32 Å². The van der Waals surface area contributed by atoms with E-state index in [1.807, 2.05) is 33.8 Å². The van der Waals surface area contributed by atoms with Crippen LogP contribution in [-0.4, -0.2) is 30.8 Å². The van der Waals surface area contributed by atoms with Crippen molar-refractivity contribution in [3.05, 3.63) is 40.4 Å². The van der Waals surface area contributed by atoms with Gasteiger partial charge >= 0.3 is 7.12 Å². The molecule has 0 saturated carbocycles. The Morgan fingerprint density at radius 1 is 1.17 bits per heavy atom. The first kappa shape index (κ1) is 18.7. The number of nitrogens with one attached hydrogen (secondary N) is 1. The average molecular weight is 329 g/mol. The second-order valence-electron chi connectivity index (χ2n) is 7.51. The molecule has 0 spiro atoms. The summed E-state index contributed by atoms with van der Waals surface area (Å²) in [6.07, 6.45) is 2.07. The van der Waals surface area contributed by atoms with Crippen molar-refractivity contribution < 1.29 is 14.1 Å². The lowest BCUT2D eigenvalue weighted by molar-refractivity contribution is -0.118. The van der Waals surface area contributed by atoms with E-state index in [4.69, 9.17) is 9.31 Å². The van der Waals surface area contributed by atoms with Crippen LogP contribution in [0.2, 0.25) is 0 Å². The van der Waals surface area contributed by atoms with E-state index in [0.717, 1.165) is 11.0 Å². The minimum absolute atomic E-state index is 0.0709. The van der Waals surface area contributed by atoms with Gasteiger partial charge < -0.3 is 14.6 Å². The molecule has 1 aromatic carbocycles. The Morgan fingerprint density at radius 3 is 2.29 bits per heavy atom. The molecule has 1 aromatic rings. The predicted octanol–water partition coefficient (Wildman–Crippen LogP) is 3.45. The summed E-state index contributed by atoms with van der Waals surface area (Å²) in [6.45, 7) is 14.2. The minimum atomic E-state index is -0.471. The molecular formula is C19H28BNO3. The maximum atomic E-state index is 11.4. The smallest absolute Gasteiger partial charge is 0.400 e. The van der Waals surface area contributed by atoms with Crippen LogP contribution in [0.15, 0.2) is 23.7 Å².